The van der Waals surface area contributed by atoms with Crippen molar-refractivity contribution in [3.8, 4) is 0 Å². The third-order valence-electron chi connectivity index (χ3n) is 3.99. The summed E-state index contributed by atoms with van der Waals surface area (Å²) in [5.74, 6) is -0.196. The lowest BCUT2D eigenvalue weighted by molar-refractivity contribution is 0.0764. The zero-order valence-electron chi connectivity index (χ0n) is 15.3. The quantitative estimate of drug-likeness (QED) is 0.607. The molecular weight excluding hydrogens is 404 g/mol. The van der Waals surface area contributed by atoms with Gasteiger partial charge in [-0.1, -0.05) is 24.6 Å². The smallest absolute Gasteiger partial charge is 0.254 e. The Labute approximate surface area is 169 Å². The SMILES string of the molecule is C=CCN(Cc1ccc(Cl)s1)C(=O)c1ccc(S(=O)(=O)NC(C)CC)cc1. The van der Waals surface area contributed by atoms with Crippen LogP contribution in [0.25, 0.3) is 0 Å². The molecule has 1 amide bonds. The van der Waals surface area contributed by atoms with E-state index < -0.39 is 10.0 Å². The van der Waals surface area contributed by atoms with Gasteiger partial charge < -0.3 is 4.90 Å². The summed E-state index contributed by atoms with van der Waals surface area (Å²) in [7, 11) is -3.59. The molecule has 1 aromatic heterocycles. The highest BCUT2D eigenvalue weighted by Crippen LogP contribution is 2.23. The van der Waals surface area contributed by atoms with E-state index in [4.69, 9.17) is 11.6 Å². The lowest BCUT2D eigenvalue weighted by Crippen LogP contribution is -2.32. The number of hydrogen-bond donors (Lipinski definition) is 1. The number of amides is 1. The first-order chi connectivity index (χ1) is 12.8. The highest BCUT2D eigenvalue weighted by atomic mass is 35.5. The highest BCUT2D eigenvalue weighted by Gasteiger charge is 2.19. The molecule has 5 nitrogen and oxygen atoms in total. The van der Waals surface area contributed by atoms with Crippen LogP contribution in [-0.4, -0.2) is 31.8 Å². The van der Waals surface area contributed by atoms with Crippen LogP contribution in [0, 0.1) is 0 Å². The molecule has 0 saturated carbocycles. The summed E-state index contributed by atoms with van der Waals surface area (Å²) in [4.78, 5) is 15.6. The van der Waals surface area contributed by atoms with E-state index in [-0.39, 0.29) is 16.8 Å². The lowest BCUT2D eigenvalue weighted by atomic mass is 10.2. The summed E-state index contributed by atoms with van der Waals surface area (Å²) in [5, 5.41) is 0. The predicted octanol–water partition coefficient (Wildman–Crippen LogP) is 4.31. The number of halogens is 1. The van der Waals surface area contributed by atoms with Crippen molar-refractivity contribution in [1.29, 1.82) is 0 Å². The average Bonchev–Trinajstić information content (AvgIpc) is 3.05. The minimum atomic E-state index is -3.59. The maximum Gasteiger partial charge on any atom is 0.254 e. The largest absolute Gasteiger partial charge is 0.330 e. The minimum Gasteiger partial charge on any atom is -0.330 e. The second kappa shape index (κ2) is 9.50. The number of thiophene rings is 1. The summed E-state index contributed by atoms with van der Waals surface area (Å²) >= 11 is 7.37. The molecule has 0 spiro atoms. The molecule has 146 valence electrons. The van der Waals surface area contributed by atoms with Gasteiger partial charge in [-0.15, -0.1) is 17.9 Å². The van der Waals surface area contributed by atoms with Crippen molar-refractivity contribution in [2.24, 2.45) is 0 Å². The van der Waals surface area contributed by atoms with E-state index in [1.165, 1.54) is 35.6 Å². The fourth-order valence-corrected chi connectivity index (χ4v) is 4.81. The topological polar surface area (TPSA) is 66.5 Å². The molecule has 0 saturated heterocycles. The summed E-state index contributed by atoms with van der Waals surface area (Å²) in [6.07, 6.45) is 2.35. The first kappa shape index (κ1) is 21.6. The Hall–Kier alpha value is -1.67. The Balaban J connectivity index is 2.18. The van der Waals surface area contributed by atoms with Crippen molar-refractivity contribution in [1.82, 2.24) is 9.62 Å². The summed E-state index contributed by atoms with van der Waals surface area (Å²) in [6.45, 7) is 8.21. The molecule has 0 aliphatic heterocycles. The Morgan fingerprint density at radius 2 is 1.96 bits per heavy atom. The van der Waals surface area contributed by atoms with Crippen LogP contribution in [0.1, 0.15) is 35.5 Å². The van der Waals surface area contributed by atoms with Gasteiger partial charge in [-0.05, 0) is 49.7 Å². The Morgan fingerprint density at radius 3 is 2.48 bits per heavy atom. The van der Waals surface area contributed by atoms with E-state index in [9.17, 15) is 13.2 Å². The third-order valence-corrected chi connectivity index (χ3v) is 6.81. The van der Waals surface area contributed by atoms with E-state index in [0.717, 1.165) is 4.88 Å². The van der Waals surface area contributed by atoms with Crippen LogP contribution in [0.15, 0.2) is 53.9 Å². The fourth-order valence-electron chi connectivity index (χ4n) is 2.38. The Morgan fingerprint density at radius 1 is 1.30 bits per heavy atom. The monoisotopic (exact) mass is 426 g/mol. The maximum absolute atomic E-state index is 12.8. The van der Waals surface area contributed by atoms with Crippen molar-refractivity contribution in [3.05, 3.63) is 63.8 Å². The van der Waals surface area contributed by atoms with E-state index in [2.05, 4.69) is 11.3 Å². The zero-order valence-corrected chi connectivity index (χ0v) is 17.7. The Bertz CT molecular complexity index is 892. The Kier molecular flexibility index (Phi) is 7.61. The second-order valence-electron chi connectivity index (χ2n) is 6.14. The molecule has 1 aromatic carbocycles. The van der Waals surface area contributed by atoms with E-state index in [0.29, 0.717) is 29.4 Å². The average molecular weight is 427 g/mol. The number of nitrogens with one attached hydrogen (secondary N) is 1. The molecule has 1 heterocycles. The molecule has 0 aliphatic rings. The van der Waals surface area contributed by atoms with Crippen LogP contribution in [0.4, 0.5) is 0 Å². The third kappa shape index (κ3) is 5.90. The molecule has 1 unspecified atom stereocenters. The number of rotatable bonds is 9. The molecule has 0 aliphatic carbocycles. The maximum atomic E-state index is 12.8. The number of nitrogens with zero attached hydrogens (tertiary/aromatic N) is 1. The molecule has 27 heavy (non-hydrogen) atoms. The molecule has 2 aromatic rings. The van der Waals surface area contributed by atoms with Crippen molar-refractivity contribution < 1.29 is 13.2 Å². The van der Waals surface area contributed by atoms with Crippen LogP contribution in [0.5, 0.6) is 0 Å². The van der Waals surface area contributed by atoms with Gasteiger partial charge in [0.2, 0.25) is 10.0 Å². The number of carbonyl (C=O) groups is 1. The molecule has 2 rings (SSSR count). The van der Waals surface area contributed by atoms with Crippen molar-refractivity contribution in [2.75, 3.05) is 6.54 Å². The van der Waals surface area contributed by atoms with Gasteiger partial charge in [0.15, 0.2) is 0 Å². The normalized spacial score (nSPS) is 12.6. The molecule has 0 bridgehead atoms. The van der Waals surface area contributed by atoms with Crippen LogP contribution < -0.4 is 4.72 Å². The van der Waals surface area contributed by atoms with Crippen molar-refractivity contribution >= 4 is 38.9 Å². The number of hydrogen-bond acceptors (Lipinski definition) is 4. The molecule has 8 heteroatoms. The minimum absolute atomic E-state index is 0.139. The van der Waals surface area contributed by atoms with Gasteiger partial charge >= 0.3 is 0 Å². The van der Waals surface area contributed by atoms with Gasteiger partial charge in [-0.2, -0.15) is 0 Å². The molecule has 0 fully saturated rings. The number of benzene rings is 1. The number of carbonyl (C=O) groups excluding carboxylic acids is 1. The fraction of sp³-hybridized carbons (Fsp3) is 0.316. The van der Waals surface area contributed by atoms with Gasteiger partial charge in [0.25, 0.3) is 5.91 Å². The second-order valence-corrected chi connectivity index (χ2v) is 9.65. The molecular formula is C19H23ClN2O3S2. The van der Waals surface area contributed by atoms with Gasteiger partial charge in [0.05, 0.1) is 15.8 Å². The van der Waals surface area contributed by atoms with E-state index in [1.807, 2.05) is 13.0 Å². The van der Waals surface area contributed by atoms with E-state index >= 15 is 0 Å². The molecule has 1 atom stereocenters. The van der Waals surface area contributed by atoms with Gasteiger partial charge in [-0.25, -0.2) is 13.1 Å². The van der Waals surface area contributed by atoms with Gasteiger partial charge in [-0.3, -0.25) is 4.79 Å². The highest BCUT2D eigenvalue weighted by molar-refractivity contribution is 7.89. The van der Waals surface area contributed by atoms with Crippen LogP contribution in [0.2, 0.25) is 4.34 Å². The summed E-state index contributed by atoms with van der Waals surface area (Å²) in [6, 6.07) is 9.49. The summed E-state index contributed by atoms with van der Waals surface area (Å²) < 4.78 is 27.9. The number of sulfonamides is 1. The van der Waals surface area contributed by atoms with Crippen LogP contribution in [-0.2, 0) is 16.6 Å². The lowest BCUT2D eigenvalue weighted by Gasteiger charge is -2.20. The molecule has 0 radical (unpaired) electrons. The predicted molar refractivity (Wildman–Crippen MR) is 111 cm³/mol. The zero-order chi connectivity index (χ0) is 20.0. The van der Waals surface area contributed by atoms with Gasteiger partial charge in [0.1, 0.15) is 0 Å². The van der Waals surface area contributed by atoms with Crippen LogP contribution in [0.3, 0.4) is 0 Å². The van der Waals surface area contributed by atoms with Crippen molar-refractivity contribution in [3.63, 3.8) is 0 Å². The molecule has 1 N–H and O–H groups in total. The van der Waals surface area contributed by atoms with Gasteiger partial charge in [0, 0.05) is 23.0 Å². The first-order valence-corrected chi connectivity index (χ1v) is 11.2. The summed E-state index contributed by atoms with van der Waals surface area (Å²) in [5.41, 5.74) is 0.419. The van der Waals surface area contributed by atoms with Crippen molar-refractivity contribution in [2.45, 2.75) is 37.8 Å². The standard InChI is InChI=1S/C19H23ClN2O3S2/c1-4-12-22(13-16-8-11-18(20)26-16)19(23)15-6-9-17(10-7-15)27(24,25)21-14(3)5-2/h4,6-11,14,21H,1,5,12-13H2,2-3H3. The van der Waals surface area contributed by atoms with E-state index in [1.54, 1.807) is 24.0 Å². The first-order valence-electron chi connectivity index (χ1n) is 8.53. The van der Waals surface area contributed by atoms with Crippen LogP contribution >= 0.6 is 22.9 Å².